The number of aromatic nitrogens is 3. The molecule has 0 bridgehead atoms. The first-order chi connectivity index (χ1) is 9.24. The Labute approximate surface area is 115 Å². The summed E-state index contributed by atoms with van der Waals surface area (Å²) in [7, 11) is 0. The van der Waals surface area contributed by atoms with Crippen molar-refractivity contribution >= 4 is 17.0 Å². The summed E-state index contributed by atoms with van der Waals surface area (Å²) in [5, 5.41) is 2.88. The van der Waals surface area contributed by atoms with Gasteiger partial charge in [0.25, 0.3) is 0 Å². The van der Waals surface area contributed by atoms with Crippen LogP contribution in [0.15, 0.2) is 41.9 Å². The van der Waals surface area contributed by atoms with Gasteiger partial charge in [0.05, 0.1) is 5.69 Å². The number of para-hydroxylation sites is 1. The van der Waals surface area contributed by atoms with Crippen LogP contribution in [0.1, 0.15) is 5.82 Å². The predicted octanol–water partition coefficient (Wildman–Crippen LogP) is 3.16. The molecule has 0 saturated heterocycles. The summed E-state index contributed by atoms with van der Waals surface area (Å²) in [6.07, 6.45) is 1.75. The largest absolute Gasteiger partial charge is 0.398 e. The van der Waals surface area contributed by atoms with Gasteiger partial charge in [-0.15, -0.1) is 11.3 Å². The van der Waals surface area contributed by atoms with E-state index in [1.165, 1.54) is 0 Å². The maximum atomic E-state index is 5.96. The molecule has 2 heterocycles. The number of aryl methyl sites for hydroxylation is 1. The smallest absolute Gasteiger partial charge is 0.142 e. The average Bonchev–Trinajstić information content (AvgIpc) is 2.89. The van der Waals surface area contributed by atoms with Crippen LogP contribution in [0.25, 0.3) is 22.0 Å². The van der Waals surface area contributed by atoms with Crippen molar-refractivity contribution in [1.29, 1.82) is 0 Å². The third-order valence-corrected chi connectivity index (χ3v) is 3.60. The maximum absolute atomic E-state index is 5.96. The number of nitrogens with two attached hydrogens (primary N) is 1. The van der Waals surface area contributed by atoms with Gasteiger partial charge in [-0.25, -0.2) is 15.0 Å². The average molecular weight is 268 g/mol. The number of rotatable bonds is 2. The highest BCUT2D eigenvalue weighted by atomic mass is 32.1. The second kappa shape index (κ2) is 4.78. The second-order valence-corrected chi connectivity index (χ2v) is 4.97. The monoisotopic (exact) mass is 268 g/mol. The quantitative estimate of drug-likeness (QED) is 0.725. The van der Waals surface area contributed by atoms with Crippen molar-refractivity contribution in [3.8, 4) is 22.0 Å². The molecular weight excluding hydrogens is 256 g/mol. The number of hydrogen-bond donors (Lipinski definition) is 1. The minimum absolute atomic E-state index is 0.734. The Morgan fingerprint density at radius 2 is 1.89 bits per heavy atom. The van der Waals surface area contributed by atoms with Gasteiger partial charge in [0.2, 0.25) is 0 Å². The SMILES string of the molecule is Cc1nccc(-c2nc(-c3ccccc3N)cs2)n1. The molecule has 0 radical (unpaired) electrons. The van der Waals surface area contributed by atoms with Crippen LogP contribution < -0.4 is 5.73 Å². The molecule has 1 aromatic carbocycles. The van der Waals surface area contributed by atoms with Crippen molar-refractivity contribution in [3.63, 3.8) is 0 Å². The molecule has 3 aromatic rings. The number of hydrogen-bond acceptors (Lipinski definition) is 5. The first kappa shape index (κ1) is 11.8. The fourth-order valence-electron chi connectivity index (χ4n) is 1.82. The summed E-state index contributed by atoms with van der Waals surface area (Å²) in [5.74, 6) is 0.744. The molecular formula is C14H12N4S. The first-order valence-corrected chi connectivity index (χ1v) is 6.72. The third kappa shape index (κ3) is 2.32. The molecule has 3 rings (SSSR count). The fourth-order valence-corrected chi connectivity index (χ4v) is 2.61. The molecule has 0 unspecified atom stereocenters. The van der Waals surface area contributed by atoms with Gasteiger partial charge in [-0.3, -0.25) is 0 Å². The molecule has 0 aliphatic heterocycles. The Morgan fingerprint density at radius 3 is 2.68 bits per heavy atom. The highest BCUT2D eigenvalue weighted by molar-refractivity contribution is 7.13. The van der Waals surface area contributed by atoms with Gasteiger partial charge in [-0.2, -0.15) is 0 Å². The minimum Gasteiger partial charge on any atom is -0.398 e. The van der Waals surface area contributed by atoms with E-state index in [4.69, 9.17) is 5.73 Å². The van der Waals surface area contributed by atoms with E-state index in [1.54, 1.807) is 17.5 Å². The molecule has 0 aliphatic rings. The number of thiazole rings is 1. The van der Waals surface area contributed by atoms with Gasteiger partial charge in [-0.05, 0) is 19.1 Å². The van der Waals surface area contributed by atoms with Crippen LogP contribution in [-0.4, -0.2) is 15.0 Å². The zero-order valence-electron chi connectivity index (χ0n) is 10.4. The van der Waals surface area contributed by atoms with Gasteiger partial charge < -0.3 is 5.73 Å². The van der Waals surface area contributed by atoms with Gasteiger partial charge in [0, 0.05) is 22.8 Å². The highest BCUT2D eigenvalue weighted by Crippen LogP contribution is 2.30. The van der Waals surface area contributed by atoms with Crippen LogP contribution >= 0.6 is 11.3 Å². The Morgan fingerprint density at radius 1 is 1.05 bits per heavy atom. The van der Waals surface area contributed by atoms with Crippen LogP contribution in [0.5, 0.6) is 0 Å². The topological polar surface area (TPSA) is 64.7 Å². The molecule has 0 saturated carbocycles. The van der Waals surface area contributed by atoms with Crippen LogP contribution in [0.3, 0.4) is 0 Å². The van der Waals surface area contributed by atoms with Crippen molar-refractivity contribution in [2.75, 3.05) is 5.73 Å². The van der Waals surface area contributed by atoms with Crippen LogP contribution in [0.4, 0.5) is 5.69 Å². The van der Waals surface area contributed by atoms with Gasteiger partial charge in [-0.1, -0.05) is 18.2 Å². The van der Waals surface area contributed by atoms with Gasteiger partial charge >= 0.3 is 0 Å². The Balaban J connectivity index is 2.03. The van der Waals surface area contributed by atoms with E-state index in [2.05, 4.69) is 15.0 Å². The number of nitrogen functional groups attached to an aromatic ring is 1. The Bertz CT molecular complexity index is 721. The standard InChI is InChI=1S/C14H12N4S/c1-9-16-7-6-12(17-9)14-18-13(8-19-14)10-4-2-3-5-11(10)15/h2-8H,15H2,1H3. The molecule has 4 nitrogen and oxygen atoms in total. The Kier molecular flexibility index (Phi) is 2.97. The van der Waals surface area contributed by atoms with Gasteiger partial charge in [0.1, 0.15) is 16.5 Å². The maximum Gasteiger partial charge on any atom is 0.142 e. The normalized spacial score (nSPS) is 10.6. The first-order valence-electron chi connectivity index (χ1n) is 5.84. The minimum atomic E-state index is 0.734. The zero-order chi connectivity index (χ0) is 13.2. The van der Waals surface area contributed by atoms with E-state index in [0.717, 1.165) is 33.5 Å². The molecule has 0 atom stereocenters. The van der Waals surface area contributed by atoms with Crippen LogP contribution in [-0.2, 0) is 0 Å². The lowest BCUT2D eigenvalue weighted by Gasteiger charge is -2.00. The molecule has 0 spiro atoms. The lowest BCUT2D eigenvalue weighted by molar-refractivity contribution is 1.06. The fraction of sp³-hybridized carbons (Fsp3) is 0.0714. The Hall–Kier alpha value is -2.27. The van der Waals surface area contributed by atoms with Crippen molar-refractivity contribution in [2.24, 2.45) is 0 Å². The van der Waals surface area contributed by atoms with E-state index in [9.17, 15) is 0 Å². The number of benzene rings is 1. The van der Waals surface area contributed by atoms with E-state index in [0.29, 0.717) is 0 Å². The number of anilines is 1. The molecule has 0 aliphatic carbocycles. The zero-order valence-corrected chi connectivity index (χ0v) is 11.2. The highest BCUT2D eigenvalue weighted by Gasteiger charge is 2.09. The molecule has 0 amide bonds. The molecule has 2 N–H and O–H groups in total. The molecule has 2 aromatic heterocycles. The number of nitrogens with zero attached hydrogens (tertiary/aromatic N) is 3. The summed E-state index contributed by atoms with van der Waals surface area (Å²) in [6, 6.07) is 9.59. The molecule has 94 valence electrons. The third-order valence-electron chi connectivity index (χ3n) is 2.74. The van der Waals surface area contributed by atoms with Crippen LogP contribution in [0.2, 0.25) is 0 Å². The van der Waals surface area contributed by atoms with E-state index < -0.39 is 0 Å². The van der Waals surface area contributed by atoms with Crippen molar-refractivity contribution in [3.05, 3.63) is 47.7 Å². The van der Waals surface area contributed by atoms with E-state index in [1.807, 2.05) is 42.6 Å². The second-order valence-electron chi connectivity index (χ2n) is 4.11. The summed E-state index contributed by atoms with van der Waals surface area (Å²) in [6.45, 7) is 1.87. The van der Waals surface area contributed by atoms with Crippen molar-refractivity contribution in [2.45, 2.75) is 6.92 Å². The van der Waals surface area contributed by atoms with Crippen molar-refractivity contribution < 1.29 is 0 Å². The van der Waals surface area contributed by atoms with E-state index in [-0.39, 0.29) is 0 Å². The summed E-state index contributed by atoms with van der Waals surface area (Å²) >= 11 is 1.56. The molecule has 0 fully saturated rings. The lowest BCUT2D eigenvalue weighted by atomic mass is 10.1. The summed E-state index contributed by atoms with van der Waals surface area (Å²) in [4.78, 5) is 13.1. The lowest BCUT2D eigenvalue weighted by Crippen LogP contribution is -1.91. The summed E-state index contributed by atoms with van der Waals surface area (Å²) in [5.41, 5.74) is 9.38. The molecule has 5 heteroatoms. The predicted molar refractivity (Wildman–Crippen MR) is 77.7 cm³/mol. The summed E-state index contributed by atoms with van der Waals surface area (Å²) < 4.78 is 0. The van der Waals surface area contributed by atoms with Gasteiger partial charge in [0.15, 0.2) is 0 Å². The van der Waals surface area contributed by atoms with Crippen molar-refractivity contribution in [1.82, 2.24) is 15.0 Å². The molecule has 19 heavy (non-hydrogen) atoms. The van der Waals surface area contributed by atoms with Crippen LogP contribution in [0, 0.1) is 6.92 Å². The van der Waals surface area contributed by atoms with E-state index >= 15 is 0 Å².